The number of hydrogen-bond acceptors (Lipinski definition) is 5. The number of nitrogens with zero attached hydrogens (tertiary/aromatic N) is 1. The van der Waals surface area contributed by atoms with Crippen LogP contribution in [0.4, 0.5) is 5.69 Å². The number of ether oxygens (including phenoxy) is 1. The maximum absolute atomic E-state index is 12.2. The lowest BCUT2D eigenvalue weighted by Crippen LogP contribution is -2.29. The Balaban J connectivity index is 1.92. The summed E-state index contributed by atoms with van der Waals surface area (Å²) in [5.74, 6) is -0.0315. The van der Waals surface area contributed by atoms with Crippen LogP contribution in [0, 0.1) is 5.92 Å². The summed E-state index contributed by atoms with van der Waals surface area (Å²) in [6.07, 6.45) is 7.47. The normalized spacial score (nSPS) is 21.3. The van der Waals surface area contributed by atoms with Crippen molar-refractivity contribution in [2.45, 2.75) is 38.6 Å². The molecule has 2 aromatic rings. The van der Waals surface area contributed by atoms with Gasteiger partial charge in [0.1, 0.15) is 11.2 Å². The Morgan fingerprint density at radius 2 is 2.39 bits per heavy atom. The van der Waals surface area contributed by atoms with Crippen molar-refractivity contribution >= 4 is 22.7 Å². The van der Waals surface area contributed by atoms with Crippen LogP contribution in [0.1, 0.15) is 43.0 Å². The summed E-state index contributed by atoms with van der Waals surface area (Å²) >= 11 is 0. The minimum absolute atomic E-state index is 0.221. The number of aliphatic hydroxyl groups excluding tert-OH is 1. The van der Waals surface area contributed by atoms with Crippen molar-refractivity contribution in [3.63, 3.8) is 0 Å². The average molecular weight is 317 g/mol. The van der Waals surface area contributed by atoms with E-state index in [2.05, 4.69) is 15.3 Å². The van der Waals surface area contributed by atoms with Crippen molar-refractivity contribution in [1.82, 2.24) is 9.97 Å². The molecule has 2 aromatic heterocycles. The number of anilines is 1. The van der Waals surface area contributed by atoms with Crippen LogP contribution in [-0.4, -0.2) is 40.3 Å². The lowest BCUT2D eigenvalue weighted by atomic mass is 9.86. The summed E-state index contributed by atoms with van der Waals surface area (Å²) in [5, 5.41) is 13.8. The number of carbonyl (C=O) groups excluding carboxylic acids is 1. The smallest absolute Gasteiger partial charge is 0.341 e. The van der Waals surface area contributed by atoms with Gasteiger partial charge in [0.2, 0.25) is 0 Å². The van der Waals surface area contributed by atoms with Crippen molar-refractivity contribution in [3.8, 4) is 0 Å². The highest BCUT2D eigenvalue weighted by molar-refractivity contribution is 6.04. The van der Waals surface area contributed by atoms with Crippen molar-refractivity contribution in [1.29, 1.82) is 0 Å². The molecule has 1 fully saturated rings. The molecule has 1 saturated carbocycles. The average Bonchev–Trinajstić information content (AvgIpc) is 3.04. The number of H-pyrrole nitrogens is 1. The molecule has 2 atom stereocenters. The minimum atomic E-state index is -0.361. The third-order valence-electron chi connectivity index (χ3n) is 4.47. The van der Waals surface area contributed by atoms with Crippen LogP contribution in [0.3, 0.4) is 0 Å². The number of carbonyl (C=O) groups is 1. The largest absolute Gasteiger partial charge is 0.462 e. The standard InChI is InChI=1S/C17H23N3O3/c1-2-23-17(22)14-9-19-16-13(6-7-18-16)15(14)20-12-5-3-4-11(8-12)10-21/h6-7,9,11-12,21H,2-5,8,10H2,1H3,(H2,18,19,20)/t11-,12-/m0/s1. The molecule has 6 heteroatoms. The van der Waals surface area contributed by atoms with Crippen LogP contribution in [0.25, 0.3) is 11.0 Å². The Hall–Kier alpha value is -2.08. The fourth-order valence-electron chi connectivity index (χ4n) is 3.32. The molecule has 1 aliphatic rings. The van der Waals surface area contributed by atoms with Gasteiger partial charge in [0.25, 0.3) is 0 Å². The molecule has 3 rings (SSSR count). The molecule has 0 aliphatic heterocycles. The van der Waals surface area contributed by atoms with Gasteiger partial charge in [0.15, 0.2) is 0 Å². The third-order valence-corrected chi connectivity index (χ3v) is 4.47. The number of rotatable bonds is 5. The van der Waals surface area contributed by atoms with E-state index in [1.165, 1.54) is 0 Å². The highest BCUT2D eigenvalue weighted by atomic mass is 16.5. The van der Waals surface area contributed by atoms with Crippen molar-refractivity contribution in [3.05, 3.63) is 24.0 Å². The summed E-state index contributed by atoms with van der Waals surface area (Å²) in [6, 6.07) is 2.16. The number of nitrogens with one attached hydrogen (secondary N) is 2. The van der Waals surface area contributed by atoms with Gasteiger partial charge >= 0.3 is 5.97 Å². The third kappa shape index (κ3) is 3.32. The molecular weight excluding hydrogens is 294 g/mol. The van der Waals surface area contributed by atoms with Crippen LogP contribution in [-0.2, 0) is 4.74 Å². The van der Waals surface area contributed by atoms with E-state index in [0.717, 1.165) is 42.4 Å². The van der Waals surface area contributed by atoms with Gasteiger partial charge in [-0.15, -0.1) is 0 Å². The summed E-state index contributed by atoms with van der Waals surface area (Å²) in [5.41, 5.74) is 1.98. The summed E-state index contributed by atoms with van der Waals surface area (Å²) < 4.78 is 5.16. The van der Waals surface area contributed by atoms with Crippen molar-refractivity contribution < 1.29 is 14.6 Å². The SMILES string of the molecule is CCOC(=O)c1cnc2[nH]ccc2c1N[C@H]1CCC[C@H](CO)C1. The summed E-state index contributed by atoms with van der Waals surface area (Å²) in [7, 11) is 0. The first-order valence-corrected chi connectivity index (χ1v) is 8.23. The topological polar surface area (TPSA) is 87.2 Å². The van der Waals surface area contributed by atoms with E-state index in [4.69, 9.17) is 4.74 Å². The first kappa shape index (κ1) is 15.8. The van der Waals surface area contributed by atoms with Gasteiger partial charge < -0.3 is 20.1 Å². The second-order valence-electron chi connectivity index (χ2n) is 6.06. The highest BCUT2D eigenvalue weighted by Gasteiger charge is 2.24. The molecule has 0 amide bonds. The van der Waals surface area contributed by atoms with Crippen LogP contribution < -0.4 is 5.32 Å². The van der Waals surface area contributed by atoms with Crippen LogP contribution in [0.5, 0.6) is 0 Å². The molecule has 6 nitrogen and oxygen atoms in total. The monoisotopic (exact) mass is 317 g/mol. The lowest BCUT2D eigenvalue weighted by Gasteiger charge is -2.30. The Labute approximate surface area is 135 Å². The lowest BCUT2D eigenvalue weighted by molar-refractivity contribution is 0.0527. The van der Waals surface area contributed by atoms with E-state index in [1.807, 2.05) is 12.3 Å². The number of aliphatic hydroxyl groups is 1. The second kappa shape index (κ2) is 7.00. The second-order valence-corrected chi connectivity index (χ2v) is 6.06. The molecule has 0 spiro atoms. The number of aromatic amines is 1. The first-order chi connectivity index (χ1) is 11.2. The van der Waals surface area contributed by atoms with Gasteiger partial charge in [-0.1, -0.05) is 6.42 Å². The van der Waals surface area contributed by atoms with Gasteiger partial charge in [-0.25, -0.2) is 9.78 Å². The molecule has 0 aromatic carbocycles. The predicted octanol–water partition coefficient (Wildman–Crippen LogP) is 2.70. The van der Waals surface area contributed by atoms with Gasteiger partial charge in [-0.05, 0) is 38.2 Å². The van der Waals surface area contributed by atoms with E-state index in [-0.39, 0.29) is 18.6 Å². The molecule has 0 saturated heterocycles. The molecule has 0 radical (unpaired) electrons. The minimum Gasteiger partial charge on any atom is -0.462 e. The quantitative estimate of drug-likeness (QED) is 0.738. The van der Waals surface area contributed by atoms with E-state index >= 15 is 0 Å². The zero-order valence-electron chi connectivity index (χ0n) is 13.3. The maximum Gasteiger partial charge on any atom is 0.341 e. The fraction of sp³-hybridized carbons (Fsp3) is 0.529. The van der Waals surface area contributed by atoms with E-state index in [0.29, 0.717) is 18.1 Å². The van der Waals surface area contributed by atoms with E-state index in [9.17, 15) is 9.90 Å². The van der Waals surface area contributed by atoms with Gasteiger partial charge in [0, 0.05) is 30.4 Å². The molecule has 1 aliphatic carbocycles. The summed E-state index contributed by atoms with van der Waals surface area (Å²) in [6.45, 7) is 2.35. The Kier molecular flexibility index (Phi) is 4.81. The molecule has 3 N–H and O–H groups in total. The number of hydrogen-bond donors (Lipinski definition) is 3. The van der Waals surface area contributed by atoms with Crippen LogP contribution in [0.2, 0.25) is 0 Å². The first-order valence-electron chi connectivity index (χ1n) is 8.23. The molecule has 0 unspecified atom stereocenters. The maximum atomic E-state index is 12.2. The molecular formula is C17H23N3O3. The van der Waals surface area contributed by atoms with Gasteiger partial charge in [-0.2, -0.15) is 0 Å². The van der Waals surface area contributed by atoms with E-state index < -0.39 is 0 Å². The molecule has 2 heterocycles. The van der Waals surface area contributed by atoms with Gasteiger partial charge in [-0.3, -0.25) is 0 Å². The summed E-state index contributed by atoms with van der Waals surface area (Å²) in [4.78, 5) is 19.6. The Morgan fingerprint density at radius 1 is 1.52 bits per heavy atom. The number of fused-ring (bicyclic) bond motifs is 1. The van der Waals surface area contributed by atoms with Crippen molar-refractivity contribution in [2.75, 3.05) is 18.5 Å². The number of aromatic nitrogens is 2. The molecule has 0 bridgehead atoms. The number of pyridine rings is 1. The Bertz CT molecular complexity index is 683. The number of esters is 1. The zero-order chi connectivity index (χ0) is 16.2. The molecule has 23 heavy (non-hydrogen) atoms. The predicted molar refractivity (Wildman–Crippen MR) is 88.5 cm³/mol. The van der Waals surface area contributed by atoms with E-state index in [1.54, 1.807) is 13.1 Å². The fourth-order valence-corrected chi connectivity index (χ4v) is 3.32. The highest BCUT2D eigenvalue weighted by Crippen LogP contribution is 2.31. The van der Waals surface area contributed by atoms with Crippen molar-refractivity contribution in [2.24, 2.45) is 5.92 Å². The van der Waals surface area contributed by atoms with Crippen LogP contribution in [0.15, 0.2) is 18.5 Å². The zero-order valence-corrected chi connectivity index (χ0v) is 13.3. The van der Waals surface area contributed by atoms with Gasteiger partial charge in [0.05, 0.1) is 12.3 Å². The van der Waals surface area contributed by atoms with Crippen LogP contribution >= 0.6 is 0 Å². The molecule has 124 valence electrons. The Morgan fingerprint density at radius 3 is 3.17 bits per heavy atom.